The van der Waals surface area contributed by atoms with Gasteiger partial charge >= 0.3 is 0 Å². The van der Waals surface area contributed by atoms with E-state index in [1.165, 1.54) is 0 Å². The maximum Gasteiger partial charge on any atom is 0.210 e. The molecular formula is C33H41N3O5. The zero-order valence-electron chi connectivity index (χ0n) is 25.1. The number of hydrogen-bond donors (Lipinski definition) is 0. The first-order chi connectivity index (χ1) is 19.9. The van der Waals surface area contributed by atoms with E-state index in [-0.39, 0.29) is 6.04 Å². The molecule has 41 heavy (non-hydrogen) atoms. The Hall–Kier alpha value is -3.72. The van der Waals surface area contributed by atoms with Gasteiger partial charge in [0, 0.05) is 70.2 Å². The Morgan fingerprint density at radius 2 is 1.32 bits per heavy atom. The minimum Gasteiger partial charge on any atom is -0.495 e. The maximum absolute atomic E-state index is 6.17. The van der Waals surface area contributed by atoms with E-state index in [4.69, 9.17) is 23.7 Å². The number of methoxy groups -OCH3 is 5. The molecule has 218 valence electrons. The summed E-state index contributed by atoms with van der Waals surface area (Å²) in [5, 5.41) is 1.09. The summed E-state index contributed by atoms with van der Waals surface area (Å²) in [6.45, 7) is 5.74. The van der Waals surface area contributed by atoms with E-state index >= 15 is 0 Å². The van der Waals surface area contributed by atoms with E-state index in [1.807, 2.05) is 24.3 Å². The van der Waals surface area contributed by atoms with Crippen LogP contribution in [0, 0.1) is 0 Å². The number of piperazine rings is 1. The van der Waals surface area contributed by atoms with Crippen LogP contribution >= 0.6 is 0 Å². The number of fused-ring (bicyclic) bond motifs is 1. The number of ether oxygens (including phenoxy) is 5. The Bertz CT molecular complexity index is 1470. The van der Waals surface area contributed by atoms with E-state index in [9.17, 15) is 0 Å². The number of benzene rings is 3. The van der Waals surface area contributed by atoms with Crippen molar-refractivity contribution in [1.82, 2.24) is 9.47 Å². The molecule has 0 spiro atoms. The number of hydrogen-bond acceptors (Lipinski definition) is 7. The lowest BCUT2D eigenvalue weighted by molar-refractivity contribution is -0.250. The van der Waals surface area contributed by atoms with Crippen LogP contribution in [0.5, 0.6) is 17.2 Å². The Morgan fingerprint density at radius 3 is 1.93 bits per heavy atom. The van der Waals surface area contributed by atoms with Gasteiger partial charge in [0.05, 0.1) is 38.6 Å². The van der Waals surface area contributed by atoms with E-state index in [2.05, 4.69) is 70.8 Å². The molecule has 0 radical (unpaired) electrons. The predicted molar refractivity (Wildman–Crippen MR) is 163 cm³/mol. The second-order valence-corrected chi connectivity index (χ2v) is 10.4. The third-order valence-electron chi connectivity index (χ3n) is 8.58. The smallest absolute Gasteiger partial charge is 0.210 e. The number of aromatic nitrogens is 1. The summed E-state index contributed by atoms with van der Waals surface area (Å²) >= 11 is 0. The number of nitrogens with zero attached hydrogens (tertiary/aromatic N) is 3. The lowest BCUT2D eigenvalue weighted by Gasteiger charge is -2.46. The summed E-state index contributed by atoms with van der Waals surface area (Å²) in [6, 6.07) is 22.9. The van der Waals surface area contributed by atoms with Gasteiger partial charge in [-0.15, -0.1) is 0 Å². The fourth-order valence-corrected chi connectivity index (χ4v) is 6.20. The van der Waals surface area contributed by atoms with E-state index in [0.29, 0.717) is 5.75 Å². The molecule has 1 fully saturated rings. The molecule has 0 N–H and O–H groups in total. The van der Waals surface area contributed by atoms with Gasteiger partial charge in [0.1, 0.15) is 5.75 Å². The lowest BCUT2D eigenvalue weighted by Crippen LogP contribution is -2.57. The first kappa shape index (κ1) is 28.8. The van der Waals surface area contributed by atoms with Gasteiger partial charge in [-0.05, 0) is 36.8 Å². The molecule has 1 aromatic heterocycles. The molecule has 1 saturated heterocycles. The lowest BCUT2D eigenvalue weighted by atomic mass is 9.95. The van der Waals surface area contributed by atoms with Crippen molar-refractivity contribution in [1.29, 1.82) is 0 Å². The molecule has 2 heterocycles. The normalized spacial score (nSPS) is 15.2. The Balaban J connectivity index is 1.38. The highest BCUT2D eigenvalue weighted by Gasteiger charge is 2.42. The van der Waals surface area contributed by atoms with E-state index in [1.54, 1.807) is 35.5 Å². The minimum atomic E-state index is -0.912. The van der Waals surface area contributed by atoms with Gasteiger partial charge in [-0.3, -0.25) is 4.90 Å². The predicted octanol–water partition coefficient (Wildman–Crippen LogP) is 5.53. The average Bonchev–Trinajstić information content (AvgIpc) is 3.36. The van der Waals surface area contributed by atoms with E-state index < -0.39 is 5.79 Å². The third kappa shape index (κ3) is 5.12. The van der Waals surface area contributed by atoms with Gasteiger partial charge in [-0.2, -0.15) is 0 Å². The molecule has 1 atom stereocenters. The number of para-hydroxylation sites is 2. The zero-order valence-corrected chi connectivity index (χ0v) is 25.1. The second kappa shape index (κ2) is 12.0. The van der Waals surface area contributed by atoms with Crippen molar-refractivity contribution in [3.63, 3.8) is 0 Å². The summed E-state index contributed by atoms with van der Waals surface area (Å²) in [6.07, 6.45) is 0. The first-order valence-corrected chi connectivity index (χ1v) is 13.9. The monoisotopic (exact) mass is 559 g/mol. The molecule has 0 bridgehead atoms. The fraction of sp³-hybridized carbons (Fsp3) is 0.394. The highest BCUT2D eigenvalue weighted by atomic mass is 16.7. The Kier molecular flexibility index (Phi) is 8.45. The van der Waals surface area contributed by atoms with Crippen LogP contribution in [0.25, 0.3) is 22.2 Å². The highest BCUT2D eigenvalue weighted by molar-refractivity contribution is 5.89. The minimum absolute atomic E-state index is 0.0132. The Morgan fingerprint density at radius 1 is 0.707 bits per heavy atom. The molecule has 5 rings (SSSR count). The molecule has 1 aliphatic rings. The molecule has 3 aromatic carbocycles. The van der Waals surface area contributed by atoms with Gasteiger partial charge < -0.3 is 33.2 Å². The van der Waals surface area contributed by atoms with Gasteiger partial charge in [-0.1, -0.05) is 36.4 Å². The topological polar surface area (TPSA) is 57.6 Å². The number of rotatable bonds is 10. The number of anilines is 1. The first-order valence-electron chi connectivity index (χ1n) is 13.9. The molecular weight excluding hydrogens is 518 g/mol. The summed E-state index contributed by atoms with van der Waals surface area (Å²) in [5.74, 6) is 1.42. The molecule has 0 aliphatic carbocycles. The molecule has 1 aliphatic heterocycles. The van der Waals surface area contributed by atoms with Crippen LogP contribution in [-0.4, -0.2) is 77.2 Å². The largest absolute Gasteiger partial charge is 0.495 e. The zero-order chi connectivity index (χ0) is 29.1. The molecule has 0 amide bonds. The highest BCUT2D eigenvalue weighted by Crippen LogP contribution is 2.38. The van der Waals surface area contributed by atoms with Crippen molar-refractivity contribution >= 4 is 16.6 Å². The maximum atomic E-state index is 6.17. The van der Waals surface area contributed by atoms with Gasteiger partial charge in [0.15, 0.2) is 11.5 Å². The standard InChI is InChI=1S/C33H41N3O5/c1-23(35-16-18-36(19-17-35)27-10-8-9-11-30(27)37-3)33(40-6,41-7)26-14-12-24(13-15-26)28-20-25-21-31(38-4)32(39-5)22-29(25)34(28)2/h8-15,20-23H,16-19H2,1-7H3. The summed E-state index contributed by atoms with van der Waals surface area (Å²) in [5.41, 5.74) is 5.39. The summed E-state index contributed by atoms with van der Waals surface area (Å²) < 4.78 is 31.2. The van der Waals surface area contributed by atoms with Crippen LogP contribution in [0.4, 0.5) is 5.69 Å². The van der Waals surface area contributed by atoms with Crippen LogP contribution in [0.3, 0.4) is 0 Å². The molecule has 1 unspecified atom stereocenters. The van der Waals surface area contributed by atoms with Crippen LogP contribution < -0.4 is 19.1 Å². The van der Waals surface area contributed by atoms with Crippen LogP contribution in [0.15, 0.2) is 66.7 Å². The van der Waals surface area contributed by atoms with Crippen molar-refractivity contribution in [3.05, 3.63) is 72.3 Å². The fourth-order valence-electron chi connectivity index (χ4n) is 6.20. The van der Waals surface area contributed by atoms with Crippen molar-refractivity contribution in [2.24, 2.45) is 7.05 Å². The van der Waals surface area contributed by atoms with Crippen molar-refractivity contribution < 1.29 is 23.7 Å². The average molecular weight is 560 g/mol. The molecule has 8 heteroatoms. The second-order valence-electron chi connectivity index (χ2n) is 10.4. The van der Waals surface area contributed by atoms with Gasteiger partial charge in [-0.25, -0.2) is 0 Å². The molecule has 8 nitrogen and oxygen atoms in total. The Labute approximate surface area is 242 Å². The molecule has 4 aromatic rings. The van der Waals surface area contributed by atoms with E-state index in [0.717, 1.165) is 71.1 Å². The van der Waals surface area contributed by atoms with Gasteiger partial charge in [0.25, 0.3) is 0 Å². The third-order valence-corrected chi connectivity index (χ3v) is 8.58. The quantitative estimate of drug-likeness (QED) is 0.237. The van der Waals surface area contributed by atoms with Gasteiger partial charge in [0.2, 0.25) is 5.79 Å². The number of aryl methyl sites for hydroxylation is 1. The van der Waals surface area contributed by atoms with Crippen molar-refractivity contribution in [2.45, 2.75) is 18.8 Å². The van der Waals surface area contributed by atoms with Crippen LogP contribution in [0.2, 0.25) is 0 Å². The van der Waals surface area contributed by atoms with Crippen molar-refractivity contribution in [2.75, 3.05) is 66.6 Å². The van der Waals surface area contributed by atoms with Crippen LogP contribution in [-0.2, 0) is 22.3 Å². The van der Waals surface area contributed by atoms with Crippen molar-refractivity contribution in [3.8, 4) is 28.5 Å². The molecule has 0 saturated carbocycles. The van der Waals surface area contributed by atoms with Crippen LogP contribution in [0.1, 0.15) is 12.5 Å². The summed E-state index contributed by atoms with van der Waals surface area (Å²) in [7, 11) is 10.6. The SMILES string of the molecule is COc1cc2cc(-c3ccc(C(OC)(OC)C(C)N4CCN(c5ccccc5OC)CC4)cc3)n(C)c2cc1OC. The summed E-state index contributed by atoms with van der Waals surface area (Å²) in [4.78, 5) is 4.82.